The van der Waals surface area contributed by atoms with Gasteiger partial charge in [0.25, 0.3) is 0 Å². The third-order valence-corrected chi connectivity index (χ3v) is 2.28. The molecule has 0 N–H and O–H groups in total. The third kappa shape index (κ3) is 1.54. The van der Waals surface area contributed by atoms with E-state index in [0.717, 1.165) is 4.90 Å². The summed E-state index contributed by atoms with van der Waals surface area (Å²) in [4.78, 5) is 0.997. The van der Waals surface area contributed by atoms with E-state index in [1.807, 2.05) is 18.4 Å². The summed E-state index contributed by atoms with van der Waals surface area (Å²) in [6, 6.07) is 7.62. The van der Waals surface area contributed by atoms with Gasteiger partial charge in [0, 0.05) is 0 Å². The van der Waals surface area contributed by atoms with Crippen LogP contribution in [0.4, 0.5) is 0 Å². The minimum absolute atomic E-state index is 0.587. The Morgan fingerprint density at radius 2 is 2.25 bits per heavy atom. The molecule has 0 amide bonds. The van der Waals surface area contributed by atoms with E-state index in [0.29, 0.717) is 11.3 Å². The first-order valence-electron chi connectivity index (χ1n) is 3.44. The lowest BCUT2D eigenvalue weighted by Gasteiger charge is -2.06. The van der Waals surface area contributed by atoms with Crippen LogP contribution < -0.4 is 4.74 Å². The molecule has 0 spiro atoms. The van der Waals surface area contributed by atoms with Crippen molar-refractivity contribution in [1.82, 2.24) is 0 Å². The van der Waals surface area contributed by atoms with Gasteiger partial charge < -0.3 is 4.74 Å². The number of ether oxygens (including phenoxy) is 1. The summed E-state index contributed by atoms with van der Waals surface area (Å²) in [6.45, 7) is 0. The van der Waals surface area contributed by atoms with Gasteiger partial charge in [-0.15, -0.1) is 11.8 Å². The van der Waals surface area contributed by atoms with E-state index in [1.54, 1.807) is 24.9 Å². The molecule has 0 saturated carbocycles. The number of hydrogen-bond acceptors (Lipinski definition) is 3. The van der Waals surface area contributed by atoms with Gasteiger partial charge in [-0.25, -0.2) is 0 Å². The van der Waals surface area contributed by atoms with E-state index in [9.17, 15) is 0 Å². The number of benzene rings is 1. The van der Waals surface area contributed by atoms with Crippen LogP contribution in [-0.2, 0) is 0 Å². The topological polar surface area (TPSA) is 33.0 Å². The van der Waals surface area contributed by atoms with Gasteiger partial charge in [-0.1, -0.05) is 6.07 Å². The Hall–Kier alpha value is -1.14. The van der Waals surface area contributed by atoms with Gasteiger partial charge in [-0.05, 0) is 18.4 Å². The van der Waals surface area contributed by atoms with Crippen LogP contribution in [0.3, 0.4) is 0 Å². The predicted molar refractivity (Wildman–Crippen MR) is 49.5 cm³/mol. The highest BCUT2D eigenvalue weighted by atomic mass is 32.2. The smallest absolute Gasteiger partial charge is 0.150 e. The van der Waals surface area contributed by atoms with Crippen LogP contribution in [0, 0.1) is 11.3 Å². The van der Waals surface area contributed by atoms with Crippen LogP contribution in [0.2, 0.25) is 0 Å². The Bertz CT molecular complexity index is 317. The molecule has 0 aliphatic heterocycles. The highest BCUT2D eigenvalue weighted by Gasteiger charge is 2.06. The summed E-state index contributed by atoms with van der Waals surface area (Å²) in [6.07, 6.45) is 1.96. The molecule has 1 rings (SSSR count). The number of hydrogen-bond donors (Lipinski definition) is 0. The maximum Gasteiger partial charge on any atom is 0.150 e. The molecule has 0 aliphatic carbocycles. The molecule has 0 unspecified atom stereocenters. The fourth-order valence-corrected chi connectivity index (χ4v) is 1.57. The van der Waals surface area contributed by atoms with Crippen molar-refractivity contribution < 1.29 is 4.74 Å². The van der Waals surface area contributed by atoms with Crippen LogP contribution in [0.25, 0.3) is 0 Å². The molecule has 0 aromatic heterocycles. The number of rotatable bonds is 2. The minimum atomic E-state index is 0.587. The molecule has 12 heavy (non-hydrogen) atoms. The summed E-state index contributed by atoms with van der Waals surface area (Å²) < 4.78 is 5.11. The normalized spacial score (nSPS) is 9.08. The van der Waals surface area contributed by atoms with Gasteiger partial charge in [0.2, 0.25) is 0 Å². The van der Waals surface area contributed by atoms with Crippen molar-refractivity contribution in [2.24, 2.45) is 0 Å². The van der Waals surface area contributed by atoms with E-state index >= 15 is 0 Å². The minimum Gasteiger partial charge on any atom is -0.494 e. The monoisotopic (exact) mass is 179 g/mol. The van der Waals surface area contributed by atoms with Crippen LogP contribution in [0.15, 0.2) is 23.1 Å². The molecule has 0 bridgehead atoms. The molecule has 0 radical (unpaired) electrons. The molecule has 62 valence electrons. The summed E-state index contributed by atoms with van der Waals surface area (Å²) >= 11 is 1.57. The summed E-state index contributed by atoms with van der Waals surface area (Å²) in [5.41, 5.74) is 0.587. The van der Waals surface area contributed by atoms with E-state index in [-0.39, 0.29) is 0 Å². The number of thioether (sulfide) groups is 1. The molecule has 1 aromatic rings. The Labute approximate surface area is 76.2 Å². The molecule has 0 heterocycles. The summed E-state index contributed by atoms with van der Waals surface area (Å²) in [5, 5.41) is 8.73. The molecular weight excluding hydrogens is 170 g/mol. The highest BCUT2D eigenvalue weighted by molar-refractivity contribution is 7.98. The SMILES string of the molecule is COc1c(C#N)cccc1SC. The molecule has 0 saturated heterocycles. The molecule has 1 aromatic carbocycles. The molecule has 0 atom stereocenters. The average Bonchev–Trinajstić information content (AvgIpc) is 2.16. The zero-order valence-corrected chi connectivity index (χ0v) is 7.81. The lowest BCUT2D eigenvalue weighted by atomic mass is 10.2. The van der Waals surface area contributed by atoms with Gasteiger partial charge in [0.05, 0.1) is 17.6 Å². The number of nitrogens with zero attached hydrogens (tertiary/aromatic N) is 1. The second-order valence-electron chi connectivity index (χ2n) is 2.15. The maximum absolute atomic E-state index is 8.73. The van der Waals surface area contributed by atoms with Crippen molar-refractivity contribution in [2.45, 2.75) is 4.90 Å². The Morgan fingerprint density at radius 1 is 1.50 bits per heavy atom. The molecule has 0 aliphatic rings. The third-order valence-electron chi connectivity index (χ3n) is 1.52. The molecule has 0 fully saturated rings. The van der Waals surface area contributed by atoms with E-state index in [2.05, 4.69) is 6.07 Å². The summed E-state index contributed by atoms with van der Waals surface area (Å²) in [7, 11) is 1.58. The second kappa shape index (κ2) is 4.03. The largest absolute Gasteiger partial charge is 0.494 e. The summed E-state index contributed by atoms with van der Waals surface area (Å²) in [5.74, 6) is 0.674. The van der Waals surface area contributed by atoms with Gasteiger partial charge in [-0.3, -0.25) is 0 Å². The average molecular weight is 179 g/mol. The highest BCUT2D eigenvalue weighted by Crippen LogP contribution is 2.30. The van der Waals surface area contributed by atoms with Crippen LogP contribution in [-0.4, -0.2) is 13.4 Å². The zero-order valence-electron chi connectivity index (χ0n) is 7.00. The first kappa shape index (κ1) is 8.95. The first-order chi connectivity index (χ1) is 5.83. The molecule has 2 nitrogen and oxygen atoms in total. The number of nitriles is 1. The van der Waals surface area contributed by atoms with Crippen LogP contribution >= 0.6 is 11.8 Å². The standard InChI is InChI=1S/C9H9NOS/c1-11-9-7(6-10)4-3-5-8(9)12-2/h3-5H,1-2H3. The number of methoxy groups -OCH3 is 1. The lowest BCUT2D eigenvalue weighted by Crippen LogP contribution is -1.89. The molecule has 3 heteroatoms. The number of para-hydroxylation sites is 1. The lowest BCUT2D eigenvalue weighted by molar-refractivity contribution is 0.403. The van der Waals surface area contributed by atoms with Crippen molar-refractivity contribution in [2.75, 3.05) is 13.4 Å². The fourth-order valence-electron chi connectivity index (χ4n) is 0.975. The van der Waals surface area contributed by atoms with Crippen LogP contribution in [0.5, 0.6) is 5.75 Å². The predicted octanol–water partition coefficient (Wildman–Crippen LogP) is 2.29. The Morgan fingerprint density at radius 3 is 2.75 bits per heavy atom. The van der Waals surface area contributed by atoms with Crippen molar-refractivity contribution in [3.05, 3.63) is 23.8 Å². The maximum atomic E-state index is 8.73. The quantitative estimate of drug-likeness (QED) is 0.653. The molecular formula is C9H9NOS. The van der Waals surface area contributed by atoms with Crippen LogP contribution in [0.1, 0.15) is 5.56 Å². The first-order valence-corrected chi connectivity index (χ1v) is 4.67. The zero-order chi connectivity index (χ0) is 8.97. The Balaban J connectivity index is 3.24. The van der Waals surface area contributed by atoms with Crippen molar-refractivity contribution in [3.63, 3.8) is 0 Å². The Kier molecular flexibility index (Phi) is 3.01. The van der Waals surface area contributed by atoms with Gasteiger partial charge in [-0.2, -0.15) is 5.26 Å². The van der Waals surface area contributed by atoms with Gasteiger partial charge in [0.15, 0.2) is 0 Å². The fraction of sp³-hybridized carbons (Fsp3) is 0.222. The van der Waals surface area contributed by atoms with E-state index in [4.69, 9.17) is 10.00 Å². The van der Waals surface area contributed by atoms with Gasteiger partial charge in [0.1, 0.15) is 11.8 Å². The van der Waals surface area contributed by atoms with E-state index < -0.39 is 0 Å². The van der Waals surface area contributed by atoms with E-state index in [1.165, 1.54) is 0 Å². The van der Waals surface area contributed by atoms with Crippen molar-refractivity contribution in [3.8, 4) is 11.8 Å². The van der Waals surface area contributed by atoms with Gasteiger partial charge >= 0.3 is 0 Å². The van der Waals surface area contributed by atoms with Crippen molar-refractivity contribution >= 4 is 11.8 Å². The second-order valence-corrected chi connectivity index (χ2v) is 3.00. The van der Waals surface area contributed by atoms with Crippen molar-refractivity contribution in [1.29, 1.82) is 5.26 Å².